The zero-order valence-corrected chi connectivity index (χ0v) is 14.1. The lowest BCUT2D eigenvalue weighted by atomic mass is 10.3. The topological polar surface area (TPSA) is 61.8 Å². The fourth-order valence-corrected chi connectivity index (χ4v) is 3.27. The number of methoxy groups -OCH3 is 1. The first kappa shape index (κ1) is 16.3. The van der Waals surface area contributed by atoms with E-state index in [1.165, 1.54) is 20.0 Å². The molecular formula is C15H22ClN5O2. The molecule has 0 aliphatic carbocycles. The van der Waals surface area contributed by atoms with Gasteiger partial charge in [-0.05, 0) is 25.9 Å². The molecule has 0 spiro atoms. The molecule has 0 aromatic carbocycles. The summed E-state index contributed by atoms with van der Waals surface area (Å²) in [6.45, 7) is 5.44. The zero-order chi connectivity index (χ0) is 16.2. The molecule has 1 amide bonds. The standard InChI is InChI=1S/C15H22ClN5O2/c1-23-15-17-10-12(16)14(18-15)21-8-6-20(7-9-21)13(22)11-19-4-2-3-5-19/h10H,2-9,11H2,1H3. The van der Waals surface area contributed by atoms with Crippen molar-refractivity contribution in [2.24, 2.45) is 0 Å². The summed E-state index contributed by atoms with van der Waals surface area (Å²) in [6.07, 6.45) is 3.96. The van der Waals surface area contributed by atoms with E-state index in [1.807, 2.05) is 4.90 Å². The molecule has 2 fully saturated rings. The van der Waals surface area contributed by atoms with Gasteiger partial charge in [0, 0.05) is 26.2 Å². The maximum Gasteiger partial charge on any atom is 0.318 e. The number of carbonyl (C=O) groups excluding carboxylic acids is 1. The highest BCUT2D eigenvalue weighted by Crippen LogP contribution is 2.25. The zero-order valence-electron chi connectivity index (χ0n) is 13.4. The van der Waals surface area contributed by atoms with Gasteiger partial charge in [-0.1, -0.05) is 11.6 Å². The van der Waals surface area contributed by atoms with Crippen molar-refractivity contribution in [1.82, 2.24) is 19.8 Å². The number of anilines is 1. The third kappa shape index (κ3) is 3.84. The molecule has 0 atom stereocenters. The minimum Gasteiger partial charge on any atom is -0.467 e. The Morgan fingerprint density at radius 1 is 1.22 bits per heavy atom. The molecule has 7 nitrogen and oxygen atoms in total. The number of ether oxygens (including phenoxy) is 1. The van der Waals surface area contributed by atoms with E-state index >= 15 is 0 Å². The van der Waals surface area contributed by atoms with E-state index in [-0.39, 0.29) is 5.91 Å². The first-order valence-electron chi connectivity index (χ1n) is 7.99. The molecule has 1 aromatic heterocycles. The molecule has 2 aliphatic heterocycles. The predicted octanol–water partition coefficient (Wildman–Crippen LogP) is 0.883. The van der Waals surface area contributed by atoms with Gasteiger partial charge in [-0.15, -0.1) is 0 Å². The van der Waals surface area contributed by atoms with Gasteiger partial charge in [0.15, 0.2) is 5.82 Å². The predicted molar refractivity (Wildman–Crippen MR) is 88.1 cm³/mol. The molecule has 126 valence electrons. The van der Waals surface area contributed by atoms with E-state index in [4.69, 9.17) is 16.3 Å². The summed E-state index contributed by atoms with van der Waals surface area (Å²) < 4.78 is 5.06. The highest BCUT2D eigenvalue weighted by molar-refractivity contribution is 6.32. The number of carbonyl (C=O) groups is 1. The van der Waals surface area contributed by atoms with Gasteiger partial charge in [-0.2, -0.15) is 4.98 Å². The van der Waals surface area contributed by atoms with Crippen LogP contribution in [0.15, 0.2) is 6.20 Å². The van der Waals surface area contributed by atoms with E-state index in [2.05, 4.69) is 19.8 Å². The van der Waals surface area contributed by atoms with Crippen molar-refractivity contribution < 1.29 is 9.53 Å². The van der Waals surface area contributed by atoms with Crippen LogP contribution in [0, 0.1) is 0 Å². The number of hydrogen-bond donors (Lipinski definition) is 0. The van der Waals surface area contributed by atoms with Gasteiger partial charge >= 0.3 is 6.01 Å². The van der Waals surface area contributed by atoms with Crippen molar-refractivity contribution in [2.75, 3.05) is 57.8 Å². The number of hydrogen-bond acceptors (Lipinski definition) is 6. The fourth-order valence-electron chi connectivity index (χ4n) is 3.06. The Morgan fingerprint density at radius 2 is 1.91 bits per heavy atom. The number of amides is 1. The van der Waals surface area contributed by atoms with Gasteiger partial charge < -0.3 is 14.5 Å². The van der Waals surface area contributed by atoms with Crippen LogP contribution < -0.4 is 9.64 Å². The average molecular weight is 340 g/mol. The molecule has 23 heavy (non-hydrogen) atoms. The summed E-state index contributed by atoms with van der Waals surface area (Å²) in [5, 5.41) is 0.502. The molecule has 0 bridgehead atoms. The number of halogens is 1. The van der Waals surface area contributed by atoms with Gasteiger partial charge in [0.1, 0.15) is 5.02 Å². The fraction of sp³-hybridized carbons (Fsp3) is 0.667. The molecule has 3 heterocycles. The third-order valence-corrected chi connectivity index (χ3v) is 4.64. The molecule has 0 N–H and O–H groups in total. The Kier molecular flexibility index (Phi) is 5.17. The second-order valence-electron chi connectivity index (χ2n) is 5.88. The molecule has 1 aromatic rings. The summed E-state index contributed by atoms with van der Waals surface area (Å²) in [5.41, 5.74) is 0. The van der Waals surface area contributed by atoms with Crippen LogP contribution in [0.1, 0.15) is 12.8 Å². The van der Waals surface area contributed by atoms with Crippen molar-refractivity contribution >= 4 is 23.3 Å². The van der Waals surface area contributed by atoms with Crippen LogP contribution in [-0.2, 0) is 4.79 Å². The summed E-state index contributed by atoms with van der Waals surface area (Å²) in [6, 6.07) is 0.303. The summed E-state index contributed by atoms with van der Waals surface area (Å²) >= 11 is 6.19. The summed E-state index contributed by atoms with van der Waals surface area (Å²) in [7, 11) is 1.53. The second kappa shape index (κ2) is 7.31. The molecule has 2 aliphatic rings. The average Bonchev–Trinajstić information content (AvgIpc) is 3.08. The molecular weight excluding hydrogens is 318 g/mol. The Morgan fingerprint density at radius 3 is 2.57 bits per heavy atom. The smallest absolute Gasteiger partial charge is 0.318 e. The van der Waals surface area contributed by atoms with Crippen molar-refractivity contribution in [2.45, 2.75) is 12.8 Å². The Bertz CT molecular complexity index is 557. The van der Waals surface area contributed by atoms with Crippen LogP contribution in [-0.4, -0.2) is 78.6 Å². The van der Waals surface area contributed by atoms with Gasteiger partial charge in [0.2, 0.25) is 5.91 Å². The SMILES string of the molecule is COc1ncc(Cl)c(N2CCN(C(=O)CN3CCCC3)CC2)n1. The van der Waals surface area contributed by atoms with Gasteiger partial charge in [0.05, 0.1) is 19.9 Å². The second-order valence-corrected chi connectivity index (χ2v) is 6.29. The van der Waals surface area contributed by atoms with Crippen LogP contribution in [0.5, 0.6) is 6.01 Å². The molecule has 2 saturated heterocycles. The van der Waals surface area contributed by atoms with Crippen LogP contribution in [0.3, 0.4) is 0 Å². The van der Waals surface area contributed by atoms with Crippen LogP contribution in [0.2, 0.25) is 5.02 Å². The van der Waals surface area contributed by atoms with Gasteiger partial charge in [0.25, 0.3) is 0 Å². The first-order valence-corrected chi connectivity index (χ1v) is 8.37. The molecule has 3 rings (SSSR count). The van der Waals surface area contributed by atoms with Gasteiger partial charge in [-0.3, -0.25) is 9.69 Å². The molecule has 0 radical (unpaired) electrons. The number of nitrogens with zero attached hydrogens (tertiary/aromatic N) is 5. The van der Waals surface area contributed by atoms with E-state index in [9.17, 15) is 4.79 Å². The molecule has 0 saturated carbocycles. The van der Waals surface area contributed by atoms with Gasteiger partial charge in [-0.25, -0.2) is 4.98 Å². The number of rotatable bonds is 4. The quantitative estimate of drug-likeness (QED) is 0.811. The number of likely N-dealkylation sites (tertiary alicyclic amines) is 1. The first-order chi connectivity index (χ1) is 11.2. The van der Waals surface area contributed by atoms with E-state index in [0.29, 0.717) is 49.6 Å². The van der Waals surface area contributed by atoms with E-state index in [1.54, 1.807) is 6.20 Å². The lowest BCUT2D eigenvalue weighted by Crippen LogP contribution is -2.51. The highest BCUT2D eigenvalue weighted by atomic mass is 35.5. The van der Waals surface area contributed by atoms with Crippen LogP contribution in [0.25, 0.3) is 0 Å². The number of piperazine rings is 1. The Labute approximate surface area is 141 Å². The lowest BCUT2D eigenvalue weighted by molar-refractivity contribution is -0.132. The van der Waals surface area contributed by atoms with Crippen LogP contribution >= 0.6 is 11.6 Å². The minimum absolute atomic E-state index is 0.220. The van der Waals surface area contributed by atoms with Crippen molar-refractivity contribution in [3.05, 3.63) is 11.2 Å². The largest absolute Gasteiger partial charge is 0.467 e. The van der Waals surface area contributed by atoms with Crippen molar-refractivity contribution in [1.29, 1.82) is 0 Å². The lowest BCUT2D eigenvalue weighted by Gasteiger charge is -2.36. The summed E-state index contributed by atoms with van der Waals surface area (Å²) in [5.74, 6) is 0.892. The summed E-state index contributed by atoms with van der Waals surface area (Å²) in [4.78, 5) is 26.9. The molecule has 0 unspecified atom stereocenters. The van der Waals surface area contributed by atoms with Crippen LogP contribution in [0.4, 0.5) is 5.82 Å². The van der Waals surface area contributed by atoms with E-state index in [0.717, 1.165) is 13.1 Å². The Balaban J connectivity index is 1.56. The van der Waals surface area contributed by atoms with E-state index < -0.39 is 0 Å². The maximum atomic E-state index is 12.4. The van der Waals surface area contributed by atoms with Crippen molar-refractivity contribution in [3.8, 4) is 6.01 Å². The third-order valence-electron chi connectivity index (χ3n) is 4.38. The monoisotopic (exact) mass is 339 g/mol. The highest BCUT2D eigenvalue weighted by Gasteiger charge is 2.25. The maximum absolute atomic E-state index is 12.4. The Hall–Kier alpha value is -1.60. The number of aromatic nitrogens is 2. The van der Waals surface area contributed by atoms with Crippen molar-refractivity contribution in [3.63, 3.8) is 0 Å². The minimum atomic E-state index is 0.220. The normalized spacial score (nSPS) is 19.2. The molecule has 8 heteroatoms.